The van der Waals surface area contributed by atoms with Gasteiger partial charge in [-0.15, -0.1) is 0 Å². The molecule has 0 amide bonds. The van der Waals surface area contributed by atoms with Gasteiger partial charge in [0.1, 0.15) is 9.90 Å². The van der Waals surface area contributed by atoms with Crippen molar-refractivity contribution in [2.75, 3.05) is 23.7 Å². The zero-order chi connectivity index (χ0) is 13.8. The van der Waals surface area contributed by atoms with Crippen LogP contribution in [-0.2, 0) is 9.84 Å². The van der Waals surface area contributed by atoms with Crippen molar-refractivity contribution in [3.8, 4) is 0 Å². The van der Waals surface area contributed by atoms with E-state index >= 15 is 0 Å². The van der Waals surface area contributed by atoms with Crippen molar-refractivity contribution in [3.63, 3.8) is 0 Å². The lowest BCUT2D eigenvalue weighted by Crippen LogP contribution is -2.24. The van der Waals surface area contributed by atoms with Crippen LogP contribution < -0.4 is 10.6 Å². The average molecular weight is 301 g/mol. The maximum atomic E-state index is 12.5. The molecule has 1 saturated carbocycles. The molecular formula is C12H19N3O2S2. The Kier molecular flexibility index (Phi) is 2.83. The van der Waals surface area contributed by atoms with Gasteiger partial charge in [-0.2, -0.15) is 4.37 Å². The van der Waals surface area contributed by atoms with Gasteiger partial charge in [0.05, 0.1) is 5.25 Å². The molecule has 1 aromatic rings. The second-order valence-electron chi connectivity index (χ2n) is 6.28. The van der Waals surface area contributed by atoms with Crippen molar-refractivity contribution in [1.82, 2.24) is 4.37 Å². The van der Waals surface area contributed by atoms with Gasteiger partial charge >= 0.3 is 0 Å². The minimum Gasteiger partial charge on any atom is -0.382 e. The third kappa shape index (κ3) is 2.23. The highest BCUT2D eigenvalue weighted by molar-refractivity contribution is 7.92. The Labute approximate surface area is 117 Å². The van der Waals surface area contributed by atoms with E-state index in [0.29, 0.717) is 0 Å². The van der Waals surface area contributed by atoms with Crippen LogP contribution in [0.1, 0.15) is 33.1 Å². The Morgan fingerprint density at radius 3 is 2.63 bits per heavy atom. The summed E-state index contributed by atoms with van der Waals surface area (Å²) in [5.74, 6) is 0.177. The van der Waals surface area contributed by atoms with Gasteiger partial charge in [-0.05, 0) is 36.2 Å². The van der Waals surface area contributed by atoms with Gasteiger partial charge < -0.3 is 10.6 Å². The van der Waals surface area contributed by atoms with Crippen LogP contribution in [0.2, 0.25) is 0 Å². The number of hydrogen-bond donors (Lipinski definition) is 1. The Balaban J connectivity index is 2.00. The van der Waals surface area contributed by atoms with Gasteiger partial charge in [0.2, 0.25) is 0 Å². The fraction of sp³-hybridized carbons (Fsp3) is 0.750. The van der Waals surface area contributed by atoms with Crippen molar-refractivity contribution in [3.05, 3.63) is 0 Å². The summed E-state index contributed by atoms with van der Waals surface area (Å²) in [4.78, 5) is 2.42. The van der Waals surface area contributed by atoms with E-state index in [1.807, 2.05) is 0 Å². The largest absolute Gasteiger partial charge is 0.382 e. The second-order valence-corrected chi connectivity index (χ2v) is 9.20. The molecule has 0 bridgehead atoms. The van der Waals surface area contributed by atoms with Crippen LogP contribution in [0.15, 0.2) is 4.90 Å². The van der Waals surface area contributed by atoms with E-state index in [9.17, 15) is 8.42 Å². The topological polar surface area (TPSA) is 76.3 Å². The molecule has 2 aliphatic rings. The molecular weight excluding hydrogens is 282 g/mol. The normalized spacial score (nSPS) is 22.9. The van der Waals surface area contributed by atoms with Crippen LogP contribution in [0.5, 0.6) is 0 Å². The van der Waals surface area contributed by atoms with E-state index in [-0.39, 0.29) is 21.4 Å². The fourth-order valence-corrected chi connectivity index (χ4v) is 5.64. The zero-order valence-electron chi connectivity index (χ0n) is 11.2. The van der Waals surface area contributed by atoms with E-state index in [1.54, 1.807) is 0 Å². The van der Waals surface area contributed by atoms with Crippen LogP contribution in [-0.4, -0.2) is 31.1 Å². The third-order valence-electron chi connectivity index (χ3n) is 3.87. The molecule has 2 heterocycles. The third-order valence-corrected chi connectivity index (χ3v) is 7.24. The van der Waals surface area contributed by atoms with E-state index in [4.69, 9.17) is 5.73 Å². The molecule has 0 radical (unpaired) electrons. The summed E-state index contributed by atoms with van der Waals surface area (Å²) in [6.07, 6.45) is 2.57. The summed E-state index contributed by atoms with van der Waals surface area (Å²) in [6.45, 7) is 6.14. The highest BCUT2D eigenvalue weighted by Crippen LogP contribution is 2.44. The molecule has 2 N–H and O–H groups in total. The van der Waals surface area contributed by atoms with Gasteiger partial charge in [-0.25, -0.2) is 8.42 Å². The molecule has 19 heavy (non-hydrogen) atoms. The lowest BCUT2D eigenvalue weighted by molar-refractivity contribution is 0.418. The van der Waals surface area contributed by atoms with Gasteiger partial charge in [-0.3, -0.25) is 0 Å². The number of rotatable bonds is 3. The van der Waals surface area contributed by atoms with Crippen molar-refractivity contribution in [1.29, 1.82) is 0 Å². The number of aromatic nitrogens is 1. The van der Waals surface area contributed by atoms with E-state index < -0.39 is 9.84 Å². The minimum absolute atomic E-state index is 0.177. The number of hydrogen-bond acceptors (Lipinski definition) is 6. The Hall–Kier alpha value is -0.820. The van der Waals surface area contributed by atoms with E-state index in [2.05, 4.69) is 23.1 Å². The van der Waals surface area contributed by atoms with Crippen LogP contribution in [0, 0.1) is 5.41 Å². The van der Waals surface area contributed by atoms with Crippen molar-refractivity contribution < 1.29 is 8.42 Å². The van der Waals surface area contributed by atoms with Gasteiger partial charge in [0.25, 0.3) is 0 Å². The average Bonchev–Trinajstić information content (AvgIpc) is 3.01. The monoisotopic (exact) mass is 301 g/mol. The standard InChI is InChI=1S/C12H19N3O2S2/c1-12(2)5-6-15(7-12)11-9(10(13)14-18-11)19(16,17)8-3-4-8/h8H,3-7H2,1-2H3,(H2,13,14). The van der Waals surface area contributed by atoms with Crippen LogP contribution >= 0.6 is 11.5 Å². The molecule has 1 aliphatic heterocycles. The van der Waals surface area contributed by atoms with E-state index in [1.165, 1.54) is 11.5 Å². The number of anilines is 2. The minimum atomic E-state index is -3.28. The summed E-state index contributed by atoms with van der Waals surface area (Å²) in [6, 6.07) is 0. The first kappa shape index (κ1) is 13.2. The first-order valence-electron chi connectivity index (χ1n) is 6.55. The van der Waals surface area contributed by atoms with Gasteiger partial charge in [-0.1, -0.05) is 13.8 Å². The van der Waals surface area contributed by atoms with Gasteiger partial charge in [0, 0.05) is 13.1 Å². The quantitative estimate of drug-likeness (QED) is 0.922. The molecule has 2 fully saturated rings. The molecule has 7 heteroatoms. The molecule has 0 atom stereocenters. The molecule has 1 aromatic heterocycles. The lowest BCUT2D eigenvalue weighted by atomic mass is 9.93. The first-order valence-corrected chi connectivity index (χ1v) is 8.87. The zero-order valence-corrected chi connectivity index (χ0v) is 12.9. The molecule has 1 saturated heterocycles. The van der Waals surface area contributed by atoms with Crippen LogP contribution in [0.4, 0.5) is 10.8 Å². The molecule has 0 spiro atoms. The highest BCUT2D eigenvalue weighted by Gasteiger charge is 2.42. The molecule has 106 valence electrons. The number of nitrogens with two attached hydrogens (primary N) is 1. The van der Waals surface area contributed by atoms with Crippen LogP contribution in [0.3, 0.4) is 0 Å². The lowest BCUT2D eigenvalue weighted by Gasteiger charge is -2.20. The first-order chi connectivity index (χ1) is 8.81. The molecule has 3 rings (SSSR count). The van der Waals surface area contributed by atoms with Gasteiger partial charge in [0.15, 0.2) is 15.7 Å². The smallest absolute Gasteiger partial charge is 0.187 e. The summed E-state index contributed by atoms with van der Waals surface area (Å²) < 4.78 is 29.0. The SMILES string of the molecule is CC1(C)CCN(c2snc(N)c2S(=O)(=O)C2CC2)C1. The molecule has 1 aliphatic carbocycles. The Bertz CT molecular complexity index is 602. The maximum absolute atomic E-state index is 12.5. The fourth-order valence-electron chi connectivity index (χ4n) is 2.58. The van der Waals surface area contributed by atoms with Crippen molar-refractivity contribution in [2.45, 2.75) is 43.3 Å². The molecule has 0 unspecified atom stereocenters. The molecule has 5 nitrogen and oxygen atoms in total. The summed E-state index contributed by atoms with van der Waals surface area (Å²) in [7, 11) is -3.28. The van der Waals surface area contributed by atoms with Crippen LogP contribution in [0.25, 0.3) is 0 Å². The van der Waals surface area contributed by atoms with Crippen molar-refractivity contribution >= 4 is 32.2 Å². The number of nitrogens with zero attached hydrogens (tertiary/aromatic N) is 2. The maximum Gasteiger partial charge on any atom is 0.187 e. The van der Waals surface area contributed by atoms with E-state index in [0.717, 1.165) is 37.4 Å². The predicted octanol–water partition coefficient (Wildman–Crippen LogP) is 1.90. The summed E-state index contributed by atoms with van der Waals surface area (Å²) >= 11 is 1.22. The number of nitrogen functional groups attached to an aromatic ring is 1. The summed E-state index contributed by atoms with van der Waals surface area (Å²) in [5, 5.41) is 0.510. The highest BCUT2D eigenvalue weighted by atomic mass is 32.2. The van der Waals surface area contributed by atoms with Crippen molar-refractivity contribution in [2.24, 2.45) is 5.41 Å². The predicted molar refractivity (Wildman–Crippen MR) is 77.3 cm³/mol. The second kappa shape index (κ2) is 4.09. The Morgan fingerprint density at radius 1 is 1.42 bits per heavy atom. The Morgan fingerprint density at radius 2 is 2.11 bits per heavy atom. The number of sulfone groups is 1. The molecule has 0 aromatic carbocycles. The summed E-state index contributed by atoms with van der Waals surface area (Å²) in [5.41, 5.74) is 6.04.